The van der Waals surface area contributed by atoms with Gasteiger partial charge >= 0.3 is 0 Å². The van der Waals surface area contributed by atoms with E-state index in [1.165, 1.54) is 0 Å². The van der Waals surface area contributed by atoms with Crippen molar-refractivity contribution in [1.82, 2.24) is 4.98 Å². The Morgan fingerprint density at radius 2 is 2.71 bits per heavy atom. The molecule has 0 amide bonds. The average Bonchev–Trinajstić information content (AvgIpc) is 2.14. The van der Waals surface area contributed by atoms with Crippen LogP contribution in [0, 0.1) is 6.07 Å². The minimum Gasteiger partial charge on any atom is -0.359 e. The first-order valence-corrected chi connectivity index (χ1v) is 1.94. The molecule has 7 heavy (non-hydrogen) atoms. The molecular formula is C5H4NO. The summed E-state index contributed by atoms with van der Waals surface area (Å²) in [5, 5.41) is 0. The van der Waals surface area contributed by atoms with Crippen molar-refractivity contribution >= 4 is 6.29 Å². The molecule has 35 valence electrons. The van der Waals surface area contributed by atoms with Crippen molar-refractivity contribution in [1.29, 1.82) is 0 Å². The third-order valence-corrected chi connectivity index (χ3v) is 0.679. The molecule has 1 aromatic rings. The van der Waals surface area contributed by atoms with E-state index in [0.717, 1.165) is 6.29 Å². The number of hydrogen-bond donors (Lipinski definition) is 1. The Balaban J connectivity index is 2.96. The number of aromatic amines is 1. The maximum absolute atomic E-state index is 9.81. The summed E-state index contributed by atoms with van der Waals surface area (Å²) in [4.78, 5) is 12.5. The van der Waals surface area contributed by atoms with Gasteiger partial charge in [0, 0.05) is 12.3 Å². The zero-order chi connectivity index (χ0) is 5.11. The molecule has 0 aliphatic heterocycles. The standard InChI is InChI=1S/C5H4NO/c7-4-5-2-1-3-6-5/h1,3-4,6H. The van der Waals surface area contributed by atoms with Crippen molar-refractivity contribution in [2.45, 2.75) is 0 Å². The van der Waals surface area contributed by atoms with Crippen molar-refractivity contribution in [3.63, 3.8) is 0 Å². The lowest BCUT2D eigenvalue weighted by Crippen LogP contribution is -1.73. The van der Waals surface area contributed by atoms with Crippen molar-refractivity contribution in [3.05, 3.63) is 24.0 Å². The maximum Gasteiger partial charge on any atom is 0.166 e. The van der Waals surface area contributed by atoms with E-state index in [2.05, 4.69) is 11.1 Å². The number of carbonyl (C=O) groups excluding carboxylic acids is 1. The minimum absolute atomic E-state index is 0.500. The number of aromatic nitrogens is 1. The summed E-state index contributed by atoms with van der Waals surface area (Å²) in [6.07, 6.45) is 2.38. The molecule has 0 saturated heterocycles. The van der Waals surface area contributed by atoms with E-state index in [4.69, 9.17) is 0 Å². The molecule has 2 nitrogen and oxygen atoms in total. The number of nitrogens with one attached hydrogen (secondary N) is 1. The second kappa shape index (κ2) is 1.60. The molecule has 0 aromatic carbocycles. The Hall–Kier alpha value is -1.05. The second-order valence-corrected chi connectivity index (χ2v) is 1.15. The summed E-state index contributed by atoms with van der Waals surface area (Å²) in [6.45, 7) is 0. The van der Waals surface area contributed by atoms with Crippen molar-refractivity contribution in [2.24, 2.45) is 0 Å². The topological polar surface area (TPSA) is 32.9 Å². The summed E-state index contributed by atoms with van der Waals surface area (Å²) in [5.41, 5.74) is 0.500. The number of H-pyrrole nitrogens is 1. The predicted octanol–water partition coefficient (Wildman–Crippen LogP) is 0.627. The molecule has 1 rings (SSSR count). The van der Waals surface area contributed by atoms with Gasteiger partial charge in [-0.05, 0) is 6.07 Å². The fourth-order valence-corrected chi connectivity index (χ4v) is 0.373. The fourth-order valence-electron chi connectivity index (χ4n) is 0.373. The molecule has 0 atom stereocenters. The van der Waals surface area contributed by atoms with Crippen LogP contribution < -0.4 is 0 Å². The normalized spacial score (nSPS) is 8.57. The van der Waals surface area contributed by atoms with E-state index >= 15 is 0 Å². The van der Waals surface area contributed by atoms with Crippen molar-refractivity contribution in [3.8, 4) is 0 Å². The first-order chi connectivity index (χ1) is 3.43. The monoisotopic (exact) mass is 94.0 g/mol. The lowest BCUT2D eigenvalue weighted by molar-refractivity contribution is 0.111. The van der Waals surface area contributed by atoms with Gasteiger partial charge in [0.2, 0.25) is 0 Å². The maximum atomic E-state index is 9.81. The van der Waals surface area contributed by atoms with Crippen molar-refractivity contribution < 1.29 is 4.79 Å². The van der Waals surface area contributed by atoms with Gasteiger partial charge in [-0.15, -0.1) is 0 Å². The first-order valence-electron chi connectivity index (χ1n) is 1.94. The van der Waals surface area contributed by atoms with E-state index in [9.17, 15) is 4.79 Å². The molecule has 0 saturated carbocycles. The Morgan fingerprint density at radius 3 is 3.00 bits per heavy atom. The van der Waals surface area contributed by atoms with Gasteiger partial charge in [-0.1, -0.05) is 0 Å². The molecule has 0 bridgehead atoms. The van der Waals surface area contributed by atoms with Gasteiger partial charge in [-0.2, -0.15) is 0 Å². The summed E-state index contributed by atoms with van der Waals surface area (Å²) < 4.78 is 0. The summed E-state index contributed by atoms with van der Waals surface area (Å²) in [7, 11) is 0. The highest BCUT2D eigenvalue weighted by molar-refractivity contribution is 5.71. The molecule has 2 heteroatoms. The Kier molecular flexibility index (Phi) is 0.941. The zero-order valence-corrected chi connectivity index (χ0v) is 3.64. The highest BCUT2D eigenvalue weighted by atomic mass is 16.1. The van der Waals surface area contributed by atoms with Gasteiger partial charge in [0.05, 0.1) is 5.69 Å². The molecule has 1 aromatic heterocycles. The zero-order valence-electron chi connectivity index (χ0n) is 3.64. The first kappa shape index (κ1) is 4.12. The van der Waals surface area contributed by atoms with E-state index in [1.807, 2.05) is 0 Å². The minimum atomic E-state index is 0.500. The predicted molar refractivity (Wildman–Crippen MR) is 25.0 cm³/mol. The number of rotatable bonds is 1. The van der Waals surface area contributed by atoms with Crippen molar-refractivity contribution in [2.75, 3.05) is 0 Å². The highest BCUT2D eigenvalue weighted by Gasteiger charge is 1.82. The Labute approximate surface area is 41.2 Å². The van der Waals surface area contributed by atoms with Crippen LogP contribution in [0.4, 0.5) is 0 Å². The molecule has 1 radical (unpaired) electrons. The summed E-state index contributed by atoms with van der Waals surface area (Å²) >= 11 is 0. The molecule has 0 unspecified atom stereocenters. The molecule has 0 spiro atoms. The van der Waals surface area contributed by atoms with Gasteiger partial charge in [0.1, 0.15) is 0 Å². The Morgan fingerprint density at radius 1 is 1.86 bits per heavy atom. The number of aldehydes is 1. The van der Waals surface area contributed by atoms with Crippen LogP contribution in [0.15, 0.2) is 12.3 Å². The number of hydrogen-bond acceptors (Lipinski definition) is 1. The number of carbonyl (C=O) groups is 1. The molecule has 0 aliphatic rings. The van der Waals surface area contributed by atoms with Crippen LogP contribution >= 0.6 is 0 Å². The third-order valence-electron chi connectivity index (χ3n) is 0.679. The Bertz CT molecular complexity index is 143. The quantitative estimate of drug-likeness (QED) is 0.508. The lowest BCUT2D eigenvalue weighted by atomic mass is 10.5. The van der Waals surface area contributed by atoms with Crippen LogP contribution in [0.5, 0.6) is 0 Å². The summed E-state index contributed by atoms with van der Waals surface area (Å²) in [5.74, 6) is 0. The molecule has 0 aliphatic carbocycles. The van der Waals surface area contributed by atoms with Crippen LogP contribution in [-0.4, -0.2) is 11.3 Å². The smallest absolute Gasteiger partial charge is 0.166 e. The summed E-state index contributed by atoms with van der Waals surface area (Å²) in [6, 6.07) is 4.32. The fraction of sp³-hybridized carbons (Fsp3) is 0. The third kappa shape index (κ3) is 0.682. The molecule has 1 heterocycles. The second-order valence-electron chi connectivity index (χ2n) is 1.15. The van der Waals surface area contributed by atoms with E-state index < -0.39 is 0 Å². The largest absolute Gasteiger partial charge is 0.359 e. The van der Waals surface area contributed by atoms with Gasteiger partial charge in [-0.3, -0.25) is 4.79 Å². The van der Waals surface area contributed by atoms with Gasteiger partial charge in [0.15, 0.2) is 6.29 Å². The SMILES string of the molecule is O=Cc1[c]cc[nH]1. The van der Waals surface area contributed by atoms with Crippen LogP contribution in [0.3, 0.4) is 0 Å². The van der Waals surface area contributed by atoms with E-state index in [-0.39, 0.29) is 0 Å². The van der Waals surface area contributed by atoms with Gasteiger partial charge in [-0.25, -0.2) is 0 Å². The van der Waals surface area contributed by atoms with Crippen LogP contribution in [0.25, 0.3) is 0 Å². The van der Waals surface area contributed by atoms with E-state index in [0.29, 0.717) is 5.69 Å². The van der Waals surface area contributed by atoms with E-state index in [1.54, 1.807) is 12.3 Å². The lowest BCUT2D eigenvalue weighted by Gasteiger charge is -1.69. The van der Waals surface area contributed by atoms with Crippen LogP contribution in [0.1, 0.15) is 10.5 Å². The van der Waals surface area contributed by atoms with Crippen LogP contribution in [-0.2, 0) is 0 Å². The van der Waals surface area contributed by atoms with Gasteiger partial charge in [0.25, 0.3) is 0 Å². The molecular weight excluding hydrogens is 90.1 g/mol. The highest BCUT2D eigenvalue weighted by Crippen LogP contribution is 1.84. The molecule has 1 N–H and O–H groups in total. The molecule has 0 fully saturated rings. The van der Waals surface area contributed by atoms with Gasteiger partial charge < -0.3 is 4.98 Å². The van der Waals surface area contributed by atoms with Crippen LogP contribution in [0.2, 0.25) is 0 Å². The average molecular weight is 94.1 g/mol.